The Morgan fingerprint density at radius 3 is 2.14 bits per heavy atom. The summed E-state index contributed by atoms with van der Waals surface area (Å²) >= 11 is 1.99. The quantitative estimate of drug-likeness (QED) is 0.170. The molecular formula is C51H37N3OS. The van der Waals surface area contributed by atoms with Crippen LogP contribution in [-0.2, 0) is 6.42 Å². The van der Waals surface area contributed by atoms with Gasteiger partial charge in [-0.2, -0.15) is 0 Å². The number of nitrogens with zero attached hydrogens (tertiary/aromatic N) is 3. The molecule has 0 saturated carbocycles. The zero-order valence-corrected chi connectivity index (χ0v) is 31.5. The molecule has 268 valence electrons. The zero-order chi connectivity index (χ0) is 37.0. The third-order valence-electron chi connectivity index (χ3n) is 11.5. The summed E-state index contributed by atoms with van der Waals surface area (Å²) in [6, 6.07) is 41.1. The molecule has 0 amide bonds. The lowest BCUT2D eigenvalue weighted by Gasteiger charge is -2.20. The summed E-state index contributed by atoms with van der Waals surface area (Å²) < 4.78 is 6.82. The van der Waals surface area contributed by atoms with E-state index in [0.717, 1.165) is 70.2 Å². The largest absolute Gasteiger partial charge is 0.460 e. The molecule has 1 aliphatic heterocycles. The summed E-state index contributed by atoms with van der Waals surface area (Å²) in [5, 5.41) is 1.54. The van der Waals surface area contributed by atoms with Crippen LogP contribution in [0.25, 0.3) is 73.2 Å². The Labute approximate surface area is 330 Å². The van der Waals surface area contributed by atoms with E-state index in [0.29, 0.717) is 28.6 Å². The highest BCUT2D eigenvalue weighted by atomic mass is 32.2. The normalized spacial score (nSPS) is 18.0. The number of furan rings is 1. The van der Waals surface area contributed by atoms with Crippen LogP contribution < -0.4 is 0 Å². The van der Waals surface area contributed by atoms with Crippen LogP contribution >= 0.6 is 11.8 Å². The fourth-order valence-electron chi connectivity index (χ4n) is 8.62. The predicted octanol–water partition coefficient (Wildman–Crippen LogP) is 13.2. The van der Waals surface area contributed by atoms with Gasteiger partial charge in [0.15, 0.2) is 17.5 Å². The van der Waals surface area contributed by atoms with Crippen molar-refractivity contribution in [1.82, 2.24) is 15.0 Å². The molecule has 7 aromatic rings. The monoisotopic (exact) mass is 739 g/mol. The highest BCUT2D eigenvalue weighted by molar-refractivity contribution is 8.00. The summed E-state index contributed by atoms with van der Waals surface area (Å²) in [7, 11) is 0. The van der Waals surface area contributed by atoms with E-state index < -0.39 is 0 Å². The van der Waals surface area contributed by atoms with Gasteiger partial charge in [0.05, 0.1) is 5.56 Å². The number of fused-ring (bicyclic) bond motifs is 6. The van der Waals surface area contributed by atoms with Gasteiger partial charge in [0.2, 0.25) is 0 Å². The van der Waals surface area contributed by atoms with Crippen LogP contribution in [0.5, 0.6) is 0 Å². The molecule has 4 nitrogen and oxygen atoms in total. The summed E-state index contributed by atoms with van der Waals surface area (Å²) in [5.74, 6) is 3.42. The minimum Gasteiger partial charge on any atom is -0.460 e. The molecule has 0 bridgehead atoms. The van der Waals surface area contributed by atoms with E-state index >= 15 is 0 Å². The molecule has 5 aromatic carbocycles. The van der Waals surface area contributed by atoms with Crippen molar-refractivity contribution < 1.29 is 4.42 Å². The van der Waals surface area contributed by atoms with Crippen LogP contribution in [0, 0.1) is 0 Å². The van der Waals surface area contributed by atoms with Crippen LogP contribution in [-0.4, -0.2) is 20.2 Å². The molecule has 56 heavy (non-hydrogen) atoms. The van der Waals surface area contributed by atoms with E-state index in [1.807, 2.05) is 17.8 Å². The molecular weight excluding hydrogens is 703 g/mol. The third-order valence-corrected chi connectivity index (χ3v) is 12.8. The number of hydrogen-bond acceptors (Lipinski definition) is 5. The SMILES string of the molecule is C1=CCCC(c2nc(-c3ccc(-c4ccccc4)cc3)nc(-c3cccc4c5c(oc34)CCC(c3cc4c(cc3-c3ccccc3)C3C=CC=CC3S4)=C5)n2)=C1. The molecule has 0 saturated heterocycles. The van der Waals surface area contributed by atoms with Gasteiger partial charge in [-0.15, -0.1) is 11.8 Å². The number of hydrogen-bond donors (Lipinski definition) is 0. The molecule has 3 heterocycles. The average Bonchev–Trinajstić information content (AvgIpc) is 3.84. The van der Waals surface area contributed by atoms with E-state index in [1.165, 1.54) is 38.3 Å². The van der Waals surface area contributed by atoms with Crippen molar-refractivity contribution in [1.29, 1.82) is 0 Å². The number of benzene rings is 5. The first kappa shape index (κ1) is 33.1. The van der Waals surface area contributed by atoms with Crippen LogP contribution in [0.1, 0.15) is 53.5 Å². The number of allylic oxidation sites excluding steroid dienone is 8. The maximum absolute atomic E-state index is 6.82. The topological polar surface area (TPSA) is 51.8 Å². The Bertz CT molecular complexity index is 2830. The maximum Gasteiger partial charge on any atom is 0.167 e. The number of aromatic nitrogens is 3. The summed E-state index contributed by atoms with van der Waals surface area (Å²) in [5.41, 5.74) is 13.9. The Kier molecular flexibility index (Phi) is 8.13. The fraction of sp³-hybridized carbons (Fsp3) is 0.118. The highest BCUT2D eigenvalue weighted by Gasteiger charge is 2.33. The second-order valence-corrected chi connectivity index (χ2v) is 16.1. The van der Waals surface area contributed by atoms with Gasteiger partial charge in [-0.3, -0.25) is 0 Å². The lowest BCUT2D eigenvalue weighted by Crippen LogP contribution is -2.07. The first-order valence-corrected chi connectivity index (χ1v) is 20.4. The Morgan fingerprint density at radius 2 is 1.32 bits per heavy atom. The first-order chi connectivity index (χ1) is 27.7. The van der Waals surface area contributed by atoms with Crippen molar-refractivity contribution in [2.75, 3.05) is 0 Å². The van der Waals surface area contributed by atoms with E-state index in [1.54, 1.807) is 0 Å². The Balaban J connectivity index is 1.02. The molecule has 0 radical (unpaired) electrons. The first-order valence-electron chi connectivity index (χ1n) is 19.5. The minimum atomic E-state index is 0.413. The molecule has 0 N–H and O–H groups in total. The fourth-order valence-corrected chi connectivity index (χ4v) is 9.99. The van der Waals surface area contributed by atoms with Gasteiger partial charge in [-0.05, 0) is 88.1 Å². The van der Waals surface area contributed by atoms with Gasteiger partial charge in [0.1, 0.15) is 11.3 Å². The van der Waals surface area contributed by atoms with E-state index in [-0.39, 0.29) is 0 Å². The summed E-state index contributed by atoms with van der Waals surface area (Å²) in [4.78, 5) is 16.7. The molecule has 0 spiro atoms. The minimum absolute atomic E-state index is 0.413. The summed E-state index contributed by atoms with van der Waals surface area (Å²) in [6.45, 7) is 0. The van der Waals surface area contributed by atoms with Crippen molar-refractivity contribution in [3.8, 4) is 45.0 Å². The van der Waals surface area contributed by atoms with Crippen LogP contribution in [0.3, 0.4) is 0 Å². The highest BCUT2D eigenvalue weighted by Crippen LogP contribution is 2.52. The standard InChI is InChI=1S/C51H37N3OS/c1-4-13-32(14-5-1)33-23-25-36(26-24-33)50-52-49(35-17-8-3-9-18-35)53-51(54-50)40-21-12-20-39-43-29-37(27-28-45(43)55-48(39)40)42-31-47-44(38-19-10-11-22-46(38)56-47)30-41(42)34-15-6-2-7-16-34/h1-8,10-17,19-26,29-31,38,46H,9,18,27-28H2. The molecule has 5 heteroatoms. The summed E-state index contributed by atoms with van der Waals surface area (Å²) in [6.07, 6.45) is 21.5. The average molecular weight is 740 g/mol. The van der Waals surface area contributed by atoms with Crippen LogP contribution in [0.15, 0.2) is 167 Å². The molecule has 2 atom stereocenters. The number of para-hydroxylation sites is 1. The molecule has 4 aliphatic rings. The molecule has 3 aliphatic carbocycles. The van der Waals surface area contributed by atoms with E-state index in [4.69, 9.17) is 19.4 Å². The second kappa shape index (κ2) is 13.8. The van der Waals surface area contributed by atoms with Crippen molar-refractivity contribution in [3.63, 3.8) is 0 Å². The van der Waals surface area contributed by atoms with E-state index in [9.17, 15) is 0 Å². The van der Waals surface area contributed by atoms with Gasteiger partial charge < -0.3 is 4.42 Å². The molecule has 2 aromatic heterocycles. The maximum atomic E-state index is 6.82. The van der Waals surface area contributed by atoms with Gasteiger partial charge in [0, 0.05) is 39.0 Å². The molecule has 11 rings (SSSR count). The lowest BCUT2D eigenvalue weighted by atomic mass is 9.84. The number of aryl methyl sites for hydroxylation is 1. The zero-order valence-electron chi connectivity index (χ0n) is 30.7. The number of thioether (sulfide) groups is 1. The smallest absolute Gasteiger partial charge is 0.167 e. The molecule has 2 unspecified atom stereocenters. The van der Waals surface area contributed by atoms with Crippen molar-refractivity contribution in [2.45, 2.75) is 41.7 Å². The van der Waals surface area contributed by atoms with Gasteiger partial charge >= 0.3 is 0 Å². The predicted molar refractivity (Wildman–Crippen MR) is 231 cm³/mol. The second-order valence-electron chi connectivity index (χ2n) is 14.9. The third kappa shape index (κ3) is 5.82. The van der Waals surface area contributed by atoms with Gasteiger partial charge in [-0.1, -0.05) is 140 Å². The molecule has 0 fully saturated rings. The van der Waals surface area contributed by atoms with Gasteiger partial charge in [-0.25, -0.2) is 15.0 Å². The van der Waals surface area contributed by atoms with Gasteiger partial charge in [0.25, 0.3) is 0 Å². The van der Waals surface area contributed by atoms with Crippen molar-refractivity contribution >= 4 is 40.0 Å². The van der Waals surface area contributed by atoms with Crippen LogP contribution in [0.2, 0.25) is 0 Å². The number of rotatable bonds is 6. The lowest BCUT2D eigenvalue weighted by molar-refractivity contribution is 0.548. The van der Waals surface area contributed by atoms with E-state index in [2.05, 4.69) is 158 Å². The van der Waals surface area contributed by atoms with Crippen molar-refractivity contribution in [3.05, 3.63) is 186 Å². The Hall–Kier alpha value is -6.30. The Morgan fingerprint density at radius 1 is 0.571 bits per heavy atom. The van der Waals surface area contributed by atoms with Crippen LogP contribution in [0.4, 0.5) is 0 Å². The van der Waals surface area contributed by atoms with Crippen molar-refractivity contribution in [2.24, 2.45) is 0 Å².